The third kappa shape index (κ3) is 2.51. The zero-order valence-corrected chi connectivity index (χ0v) is 14.4. The number of hydrogen-bond donors (Lipinski definition) is 1. The van der Waals surface area contributed by atoms with E-state index in [0.29, 0.717) is 41.5 Å². The minimum Gasteiger partial charge on any atom is -0.467 e. The molecule has 3 heterocycles. The van der Waals surface area contributed by atoms with E-state index < -0.39 is 15.7 Å². The Balaban J connectivity index is 1.54. The molecule has 1 fully saturated rings. The minimum atomic E-state index is -3.46. The molecule has 1 amide bonds. The largest absolute Gasteiger partial charge is 0.467 e. The highest BCUT2D eigenvalue weighted by molar-refractivity contribution is 7.91. The summed E-state index contributed by atoms with van der Waals surface area (Å²) in [4.78, 5) is 12.3. The van der Waals surface area contributed by atoms with E-state index in [-0.39, 0.29) is 5.91 Å². The van der Waals surface area contributed by atoms with E-state index >= 15 is 0 Å². The molecule has 0 unspecified atom stereocenters. The summed E-state index contributed by atoms with van der Waals surface area (Å²) in [6.45, 7) is 0.616. The standard InChI is InChI=1S/C16H16N2O4S2/c19-15-12-4-1-2-5-13(12)22-16(17-15)7-9-18(10-8-16)24(20,21)14-6-3-11-23-14/h1-6,11H,7-10H2,(H,17,19). The van der Waals surface area contributed by atoms with E-state index in [9.17, 15) is 13.2 Å². The molecule has 0 bridgehead atoms. The molecule has 0 aliphatic carbocycles. The number of amides is 1. The van der Waals surface area contributed by atoms with Crippen LogP contribution in [0.25, 0.3) is 0 Å². The van der Waals surface area contributed by atoms with Gasteiger partial charge in [-0.3, -0.25) is 4.79 Å². The molecule has 2 aromatic rings. The Morgan fingerprint density at radius 3 is 2.58 bits per heavy atom. The lowest BCUT2D eigenvalue weighted by Gasteiger charge is -2.43. The third-order valence-electron chi connectivity index (χ3n) is 4.40. The van der Waals surface area contributed by atoms with Crippen LogP contribution in [0.3, 0.4) is 0 Å². The highest BCUT2D eigenvalue weighted by Crippen LogP contribution is 2.35. The summed E-state index contributed by atoms with van der Waals surface area (Å²) in [6, 6.07) is 10.4. The molecule has 2 aliphatic heterocycles. The number of carbonyl (C=O) groups is 1. The Labute approximate surface area is 144 Å². The fourth-order valence-electron chi connectivity index (χ4n) is 3.11. The van der Waals surface area contributed by atoms with E-state index in [1.807, 2.05) is 6.07 Å². The van der Waals surface area contributed by atoms with Crippen LogP contribution < -0.4 is 10.1 Å². The van der Waals surface area contributed by atoms with Crippen molar-refractivity contribution in [3.63, 3.8) is 0 Å². The molecular formula is C16H16N2O4S2. The molecule has 1 N–H and O–H groups in total. The molecule has 6 nitrogen and oxygen atoms in total. The summed E-state index contributed by atoms with van der Waals surface area (Å²) >= 11 is 1.21. The topological polar surface area (TPSA) is 75.7 Å². The van der Waals surface area contributed by atoms with Crippen molar-refractivity contribution in [3.8, 4) is 5.75 Å². The molecule has 1 aromatic heterocycles. The van der Waals surface area contributed by atoms with Crippen LogP contribution in [0.4, 0.5) is 0 Å². The number of piperidine rings is 1. The van der Waals surface area contributed by atoms with Crippen LogP contribution in [-0.4, -0.2) is 37.4 Å². The molecule has 1 aromatic carbocycles. The molecule has 1 saturated heterocycles. The van der Waals surface area contributed by atoms with Gasteiger partial charge in [0.25, 0.3) is 15.9 Å². The van der Waals surface area contributed by atoms with Crippen LogP contribution >= 0.6 is 11.3 Å². The van der Waals surface area contributed by atoms with Gasteiger partial charge in [-0.25, -0.2) is 8.42 Å². The average Bonchev–Trinajstić information content (AvgIpc) is 3.10. The Hall–Kier alpha value is -1.90. The minimum absolute atomic E-state index is 0.175. The van der Waals surface area contributed by atoms with Crippen molar-refractivity contribution in [2.24, 2.45) is 0 Å². The molecule has 4 rings (SSSR count). The number of nitrogens with one attached hydrogen (secondary N) is 1. The summed E-state index contributed by atoms with van der Waals surface area (Å²) in [5.41, 5.74) is -0.316. The molecule has 24 heavy (non-hydrogen) atoms. The first-order valence-electron chi connectivity index (χ1n) is 7.64. The van der Waals surface area contributed by atoms with Crippen LogP contribution in [0.15, 0.2) is 46.0 Å². The van der Waals surface area contributed by atoms with Gasteiger partial charge in [0.15, 0.2) is 5.72 Å². The summed E-state index contributed by atoms with van der Waals surface area (Å²) in [6.07, 6.45) is 0.829. The maximum atomic E-state index is 12.6. The molecule has 0 radical (unpaired) electrons. The van der Waals surface area contributed by atoms with E-state index in [2.05, 4.69) is 5.32 Å². The number of fused-ring (bicyclic) bond motifs is 1. The maximum Gasteiger partial charge on any atom is 0.258 e. The van der Waals surface area contributed by atoms with Gasteiger partial charge in [0, 0.05) is 25.9 Å². The maximum absolute atomic E-state index is 12.6. The Kier molecular flexibility index (Phi) is 3.63. The van der Waals surface area contributed by atoms with Crippen LogP contribution in [0.1, 0.15) is 23.2 Å². The number of thiophene rings is 1. The van der Waals surface area contributed by atoms with Gasteiger partial charge >= 0.3 is 0 Å². The Morgan fingerprint density at radius 1 is 1.12 bits per heavy atom. The molecule has 126 valence electrons. The van der Waals surface area contributed by atoms with Gasteiger partial charge < -0.3 is 10.1 Å². The lowest BCUT2D eigenvalue weighted by molar-refractivity contribution is -0.0155. The SMILES string of the molecule is O=C1NC2(CCN(S(=O)(=O)c3cccs3)CC2)Oc2ccccc21. The van der Waals surface area contributed by atoms with Gasteiger partial charge in [-0.15, -0.1) is 11.3 Å². The Morgan fingerprint density at radius 2 is 1.88 bits per heavy atom. The number of rotatable bonds is 2. The number of carbonyl (C=O) groups excluding carboxylic acids is 1. The fraction of sp³-hybridized carbons (Fsp3) is 0.312. The lowest BCUT2D eigenvalue weighted by Crippen LogP contribution is -2.61. The van der Waals surface area contributed by atoms with Crippen molar-refractivity contribution in [2.75, 3.05) is 13.1 Å². The number of ether oxygens (including phenoxy) is 1. The van der Waals surface area contributed by atoms with Gasteiger partial charge in [-0.05, 0) is 23.6 Å². The predicted octanol–water partition coefficient (Wildman–Crippen LogP) is 2.05. The van der Waals surface area contributed by atoms with E-state index in [1.54, 1.807) is 35.7 Å². The van der Waals surface area contributed by atoms with Crippen molar-refractivity contribution in [1.29, 1.82) is 0 Å². The predicted molar refractivity (Wildman–Crippen MR) is 89.6 cm³/mol. The van der Waals surface area contributed by atoms with Crippen LogP contribution in [-0.2, 0) is 10.0 Å². The summed E-state index contributed by atoms with van der Waals surface area (Å²) in [7, 11) is -3.46. The number of para-hydroxylation sites is 1. The second-order valence-electron chi connectivity index (χ2n) is 5.88. The third-order valence-corrected chi connectivity index (χ3v) is 7.67. The van der Waals surface area contributed by atoms with E-state index in [0.717, 1.165) is 0 Å². The van der Waals surface area contributed by atoms with Crippen LogP contribution in [0, 0.1) is 0 Å². The van der Waals surface area contributed by atoms with Crippen LogP contribution in [0.2, 0.25) is 0 Å². The van der Waals surface area contributed by atoms with E-state index in [1.165, 1.54) is 15.6 Å². The van der Waals surface area contributed by atoms with Crippen LogP contribution in [0.5, 0.6) is 5.75 Å². The summed E-state index contributed by atoms with van der Waals surface area (Å²) in [5, 5.41) is 4.66. The normalized spacial score (nSPS) is 20.2. The molecule has 2 aliphatic rings. The molecule has 0 saturated carbocycles. The van der Waals surface area contributed by atoms with Crippen molar-refractivity contribution in [3.05, 3.63) is 47.3 Å². The Bertz CT molecular complexity index is 869. The van der Waals surface area contributed by atoms with Gasteiger partial charge in [-0.1, -0.05) is 18.2 Å². The monoisotopic (exact) mass is 364 g/mol. The number of hydrogen-bond acceptors (Lipinski definition) is 5. The number of benzene rings is 1. The number of nitrogens with zero attached hydrogens (tertiary/aromatic N) is 1. The first kappa shape index (κ1) is 15.6. The lowest BCUT2D eigenvalue weighted by atomic mass is 9.98. The first-order chi connectivity index (χ1) is 11.5. The fourth-order valence-corrected chi connectivity index (χ4v) is 5.69. The highest BCUT2D eigenvalue weighted by atomic mass is 32.2. The highest BCUT2D eigenvalue weighted by Gasteiger charge is 2.44. The van der Waals surface area contributed by atoms with E-state index in [4.69, 9.17) is 4.74 Å². The second kappa shape index (κ2) is 5.58. The van der Waals surface area contributed by atoms with Gasteiger partial charge in [-0.2, -0.15) is 4.31 Å². The number of sulfonamides is 1. The van der Waals surface area contributed by atoms with Gasteiger partial charge in [0.1, 0.15) is 9.96 Å². The molecular weight excluding hydrogens is 348 g/mol. The molecule has 8 heteroatoms. The molecule has 0 atom stereocenters. The van der Waals surface area contributed by atoms with Crippen molar-refractivity contribution >= 4 is 27.3 Å². The van der Waals surface area contributed by atoms with Gasteiger partial charge in [0.05, 0.1) is 5.56 Å². The quantitative estimate of drug-likeness (QED) is 0.885. The average molecular weight is 364 g/mol. The smallest absolute Gasteiger partial charge is 0.258 e. The zero-order chi connectivity index (χ0) is 16.8. The second-order valence-corrected chi connectivity index (χ2v) is 9.00. The van der Waals surface area contributed by atoms with Crippen molar-refractivity contribution < 1.29 is 17.9 Å². The summed E-state index contributed by atoms with van der Waals surface area (Å²) < 4.78 is 33.0. The summed E-state index contributed by atoms with van der Waals surface area (Å²) in [5.74, 6) is 0.377. The van der Waals surface area contributed by atoms with Crippen molar-refractivity contribution in [2.45, 2.75) is 22.8 Å². The van der Waals surface area contributed by atoms with Gasteiger partial charge in [0.2, 0.25) is 0 Å². The first-order valence-corrected chi connectivity index (χ1v) is 9.96. The van der Waals surface area contributed by atoms with Crippen molar-refractivity contribution in [1.82, 2.24) is 9.62 Å². The molecule has 1 spiro atoms. The zero-order valence-electron chi connectivity index (χ0n) is 12.8.